The largest absolute Gasteiger partial charge is 0.504 e. The van der Waals surface area contributed by atoms with Gasteiger partial charge in [0.2, 0.25) is 6.43 Å². The quantitative estimate of drug-likeness (QED) is 0.876. The molecule has 3 nitrogen and oxygen atoms in total. The molecular weight excluding hydrogens is 344 g/mol. The van der Waals surface area contributed by atoms with Crippen molar-refractivity contribution < 1.29 is 18.6 Å². The highest BCUT2D eigenvalue weighted by Crippen LogP contribution is 2.43. The fourth-order valence-electron chi connectivity index (χ4n) is 3.97. The monoisotopic (exact) mass is 365 g/mol. The molecule has 0 unspecified atom stereocenters. The van der Waals surface area contributed by atoms with Crippen LogP contribution in [0.15, 0.2) is 18.2 Å². The lowest BCUT2D eigenvalue weighted by atomic mass is 9.86. The number of phenolic OH excluding ortho intramolecular Hbond substituents is 1. The number of halogens is 2. The zero-order valence-corrected chi connectivity index (χ0v) is 14.9. The summed E-state index contributed by atoms with van der Waals surface area (Å²) in [5.41, 5.74) is 3.68. The number of methoxy groups -OCH3 is 1. The summed E-state index contributed by atoms with van der Waals surface area (Å²) >= 11 is 1.67. The van der Waals surface area contributed by atoms with Crippen molar-refractivity contribution in [1.29, 1.82) is 0 Å². The Morgan fingerprint density at radius 3 is 2.92 bits per heavy atom. The minimum absolute atomic E-state index is 0.0664. The molecule has 4 rings (SSSR count). The lowest BCUT2D eigenvalue weighted by Gasteiger charge is -2.40. The van der Waals surface area contributed by atoms with Gasteiger partial charge in [0, 0.05) is 41.7 Å². The van der Waals surface area contributed by atoms with Gasteiger partial charge in [0.25, 0.3) is 0 Å². The third kappa shape index (κ3) is 3.13. The van der Waals surface area contributed by atoms with Gasteiger partial charge in [-0.05, 0) is 47.7 Å². The average molecular weight is 365 g/mol. The van der Waals surface area contributed by atoms with E-state index in [0.29, 0.717) is 12.2 Å². The van der Waals surface area contributed by atoms with E-state index in [2.05, 4.69) is 11.0 Å². The molecule has 0 spiro atoms. The third-order valence-electron chi connectivity index (χ3n) is 5.22. The van der Waals surface area contributed by atoms with Crippen molar-refractivity contribution >= 4 is 11.3 Å². The second-order valence-electron chi connectivity index (χ2n) is 6.75. The van der Waals surface area contributed by atoms with Crippen LogP contribution >= 0.6 is 11.3 Å². The summed E-state index contributed by atoms with van der Waals surface area (Å²) in [5, 5.41) is 10.2. The SMILES string of the molecule is COc1cc2c(cc1O)[C@@H]1Cc3sc(CCC(F)F)cc3CN1CC2. The number of fused-ring (bicyclic) bond motifs is 4. The predicted octanol–water partition coefficient (Wildman–Crippen LogP) is 4.32. The van der Waals surface area contributed by atoms with E-state index < -0.39 is 6.43 Å². The minimum atomic E-state index is -2.24. The predicted molar refractivity (Wildman–Crippen MR) is 93.9 cm³/mol. The number of hydrogen-bond donors (Lipinski definition) is 1. The van der Waals surface area contributed by atoms with Crippen LogP contribution in [-0.4, -0.2) is 30.1 Å². The van der Waals surface area contributed by atoms with Crippen LogP contribution < -0.4 is 4.74 Å². The van der Waals surface area contributed by atoms with E-state index in [1.807, 2.05) is 12.1 Å². The molecule has 3 heterocycles. The van der Waals surface area contributed by atoms with Crippen LogP contribution in [0.1, 0.15) is 38.9 Å². The fourth-order valence-corrected chi connectivity index (χ4v) is 5.20. The van der Waals surface area contributed by atoms with Gasteiger partial charge < -0.3 is 9.84 Å². The van der Waals surface area contributed by atoms with Gasteiger partial charge in [-0.15, -0.1) is 11.3 Å². The molecule has 1 atom stereocenters. The molecule has 2 aromatic rings. The summed E-state index contributed by atoms with van der Waals surface area (Å²) in [4.78, 5) is 4.79. The number of phenols is 1. The van der Waals surface area contributed by atoms with E-state index in [-0.39, 0.29) is 18.2 Å². The van der Waals surface area contributed by atoms with Gasteiger partial charge in [-0.25, -0.2) is 8.78 Å². The number of nitrogens with zero attached hydrogens (tertiary/aromatic N) is 1. The number of aryl methyl sites for hydroxylation is 1. The van der Waals surface area contributed by atoms with Crippen molar-refractivity contribution in [3.8, 4) is 11.5 Å². The Kier molecular flexibility index (Phi) is 4.41. The standard InChI is InChI=1S/C19H21F2NO2S/c1-24-17-7-11-4-5-22-10-12-6-13(2-3-19(20)21)25-18(12)9-15(22)14(11)8-16(17)23/h6-8,15,19,23H,2-5,9-10H2,1H3/t15-/m0/s1. The van der Waals surface area contributed by atoms with E-state index in [1.165, 1.54) is 16.0 Å². The van der Waals surface area contributed by atoms with Gasteiger partial charge in [-0.1, -0.05) is 0 Å². The van der Waals surface area contributed by atoms with Crippen LogP contribution in [0.5, 0.6) is 11.5 Å². The minimum Gasteiger partial charge on any atom is -0.504 e. The van der Waals surface area contributed by atoms with Gasteiger partial charge in [-0.3, -0.25) is 4.90 Å². The Labute approximate surface area is 149 Å². The molecule has 0 aliphatic carbocycles. The van der Waals surface area contributed by atoms with Crippen LogP contribution in [-0.2, 0) is 25.8 Å². The lowest BCUT2D eigenvalue weighted by Crippen LogP contribution is -2.38. The fraction of sp³-hybridized carbons (Fsp3) is 0.474. The van der Waals surface area contributed by atoms with Crippen LogP contribution in [0.4, 0.5) is 8.78 Å². The molecule has 1 aromatic heterocycles. The van der Waals surface area contributed by atoms with Crippen molar-refractivity contribution in [3.63, 3.8) is 0 Å². The molecule has 0 fully saturated rings. The number of alkyl halides is 2. The van der Waals surface area contributed by atoms with E-state index in [9.17, 15) is 13.9 Å². The first-order valence-corrected chi connectivity index (χ1v) is 9.39. The summed E-state index contributed by atoms with van der Waals surface area (Å²) in [6, 6.07) is 6.13. The highest BCUT2D eigenvalue weighted by Gasteiger charge is 2.34. The Morgan fingerprint density at radius 2 is 2.16 bits per heavy atom. The molecule has 0 radical (unpaired) electrons. The van der Waals surface area contributed by atoms with E-state index in [1.54, 1.807) is 18.4 Å². The number of aromatic hydroxyl groups is 1. The number of benzene rings is 1. The van der Waals surface area contributed by atoms with Gasteiger partial charge in [-0.2, -0.15) is 0 Å². The second kappa shape index (κ2) is 6.57. The van der Waals surface area contributed by atoms with Crippen molar-refractivity contribution in [3.05, 3.63) is 44.6 Å². The average Bonchev–Trinajstić information content (AvgIpc) is 2.99. The topological polar surface area (TPSA) is 32.7 Å². The number of thiophene rings is 1. The number of ether oxygens (including phenoxy) is 1. The van der Waals surface area contributed by atoms with Gasteiger partial charge >= 0.3 is 0 Å². The Bertz CT molecular complexity index is 790. The highest BCUT2D eigenvalue weighted by molar-refractivity contribution is 7.12. The van der Waals surface area contributed by atoms with Gasteiger partial charge in [0.05, 0.1) is 7.11 Å². The van der Waals surface area contributed by atoms with E-state index in [4.69, 9.17) is 4.74 Å². The first-order chi connectivity index (χ1) is 12.0. The normalized spacial score (nSPS) is 19.4. The molecule has 1 N–H and O–H groups in total. The molecule has 0 amide bonds. The van der Waals surface area contributed by atoms with Crippen molar-refractivity contribution in [1.82, 2.24) is 4.90 Å². The molecule has 0 saturated heterocycles. The summed E-state index contributed by atoms with van der Waals surface area (Å²) in [6.45, 7) is 1.82. The highest BCUT2D eigenvalue weighted by atomic mass is 32.1. The van der Waals surface area contributed by atoms with Crippen LogP contribution in [0.25, 0.3) is 0 Å². The molecule has 6 heteroatoms. The molecule has 134 valence electrons. The van der Waals surface area contributed by atoms with E-state index in [0.717, 1.165) is 36.4 Å². The summed E-state index contributed by atoms with van der Waals surface area (Å²) < 4.78 is 30.2. The molecule has 1 aromatic carbocycles. The van der Waals surface area contributed by atoms with Crippen molar-refractivity contribution in [2.24, 2.45) is 0 Å². The first-order valence-electron chi connectivity index (χ1n) is 8.57. The molecule has 0 saturated carbocycles. The zero-order chi connectivity index (χ0) is 17.6. The van der Waals surface area contributed by atoms with Gasteiger partial charge in [0.15, 0.2) is 11.5 Å². The summed E-state index contributed by atoms with van der Waals surface area (Å²) in [6.07, 6.45) is -0.0408. The Balaban J connectivity index is 1.61. The van der Waals surface area contributed by atoms with E-state index >= 15 is 0 Å². The first kappa shape index (κ1) is 16.8. The molecule has 2 aliphatic heterocycles. The number of hydrogen-bond acceptors (Lipinski definition) is 4. The van der Waals surface area contributed by atoms with Crippen LogP contribution in [0.3, 0.4) is 0 Å². The smallest absolute Gasteiger partial charge is 0.239 e. The maximum absolute atomic E-state index is 12.5. The molecular formula is C19H21F2NO2S. The summed E-state index contributed by atoms with van der Waals surface area (Å²) in [5.74, 6) is 0.701. The maximum Gasteiger partial charge on any atom is 0.239 e. The van der Waals surface area contributed by atoms with Gasteiger partial charge in [0.1, 0.15) is 0 Å². The van der Waals surface area contributed by atoms with Crippen LogP contribution in [0.2, 0.25) is 0 Å². The zero-order valence-electron chi connectivity index (χ0n) is 14.1. The maximum atomic E-state index is 12.5. The second-order valence-corrected chi connectivity index (χ2v) is 7.98. The summed E-state index contributed by atoms with van der Waals surface area (Å²) in [7, 11) is 1.57. The molecule has 0 bridgehead atoms. The van der Waals surface area contributed by atoms with Crippen LogP contribution in [0, 0.1) is 0 Å². The number of rotatable bonds is 4. The Morgan fingerprint density at radius 1 is 1.32 bits per heavy atom. The molecule has 2 aliphatic rings. The third-order valence-corrected chi connectivity index (χ3v) is 6.48. The Hall–Kier alpha value is -1.66. The van der Waals surface area contributed by atoms with Crippen molar-refractivity contribution in [2.45, 2.75) is 44.7 Å². The lowest BCUT2D eigenvalue weighted by molar-refractivity contribution is 0.138. The van der Waals surface area contributed by atoms with Crippen molar-refractivity contribution in [2.75, 3.05) is 13.7 Å². The molecule has 25 heavy (non-hydrogen) atoms.